The van der Waals surface area contributed by atoms with Gasteiger partial charge in [0.15, 0.2) is 6.10 Å². The molecular formula is C14H22N2O5. The van der Waals surface area contributed by atoms with Gasteiger partial charge in [-0.1, -0.05) is 0 Å². The molecule has 0 spiro atoms. The van der Waals surface area contributed by atoms with E-state index in [4.69, 9.17) is 4.74 Å². The van der Waals surface area contributed by atoms with Crippen LogP contribution in [0.15, 0.2) is 0 Å². The molecule has 118 valence electrons. The molecule has 0 saturated carbocycles. The van der Waals surface area contributed by atoms with Gasteiger partial charge in [0.1, 0.15) is 0 Å². The van der Waals surface area contributed by atoms with Gasteiger partial charge in [0.05, 0.1) is 26.2 Å². The number of nitrogens with zero attached hydrogens (tertiary/aromatic N) is 2. The van der Waals surface area contributed by atoms with Gasteiger partial charge < -0.3 is 19.3 Å². The zero-order chi connectivity index (χ0) is 15.4. The van der Waals surface area contributed by atoms with E-state index < -0.39 is 12.1 Å². The van der Waals surface area contributed by atoms with Gasteiger partial charge in [0, 0.05) is 26.6 Å². The second kappa shape index (κ2) is 6.89. The van der Waals surface area contributed by atoms with Crippen LogP contribution in [-0.4, -0.2) is 73.6 Å². The Balaban J connectivity index is 1.95. The first kappa shape index (κ1) is 15.8. The van der Waals surface area contributed by atoms with Gasteiger partial charge in [0.25, 0.3) is 0 Å². The molecule has 2 aliphatic rings. The van der Waals surface area contributed by atoms with Crippen molar-refractivity contribution in [3.8, 4) is 0 Å². The third-order valence-corrected chi connectivity index (χ3v) is 4.06. The molecule has 2 saturated heterocycles. The van der Waals surface area contributed by atoms with Crippen molar-refractivity contribution in [3.05, 3.63) is 0 Å². The predicted molar refractivity (Wildman–Crippen MR) is 73.3 cm³/mol. The van der Waals surface area contributed by atoms with Crippen LogP contribution in [0.25, 0.3) is 0 Å². The number of amides is 2. The fraction of sp³-hybridized carbons (Fsp3) is 0.786. The molecule has 0 bridgehead atoms. The largest absolute Gasteiger partial charge is 0.467 e. The van der Waals surface area contributed by atoms with Crippen LogP contribution in [0.5, 0.6) is 0 Å². The van der Waals surface area contributed by atoms with E-state index in [9.17, 15) is 14.4 Å². The summed E-state index contributed by atoms with van der Waals surface area (Å²) >= 11 is 0. The van der Waals surface area contributed by atoms with E-state index in [1.807, 2.05) is 0 Å². The molecule has 0 aromatic carbocycles. The number of methoxy groups -OCH3 is 1. The molecule has 2 unspecified atom stereocenters. The van der Waals surface area contributed by atoms with Crippen molar-refractivity contribution in [1.29, 1.82) is 0 Å². The zero-order valence-corrected chi connectivity index (χ0v) is 12.5. The predicted octanol–water partition coefficient (Wildman–Crippen LogP) is -0.355. The highest BCUT2D eigenvalue weighted by Crippen LogP contribution is 2.20. The summed E-state index contributed by atoms with van der Waals surface area (Å²) in [6, 6.07) is 0. The lowest BCUT2D eigenvalue weighted by molar-refractivity contribution is -0.164. The quantitative estimate of drug-likeness (QED) is 0.651. The molecule has 7 nitrogen and oxygen atoms in total. The number of esters is 1. The minimum absolute atomic E-state index is 0.00171. The van der Waals surface area contributed by atoms with Crippen molar-refractivity contribution < 1.29 is 23.9 Å². The summed E-state index contributed by atoms with van der Waals surface area (Å²) in [5.74, 6) is -0.638. The Labute approximate surface area is 124 Å². The van der Waals surface area contributed by atoms with Crippen LogP contribution in [-0.2, 0) is 23.9 Å². The van der Waals surface area contributed by atoms with Crippen molar-refractivity contribution in [1.82, 2.24) is 9.80 Å². The second-order valence-electron chi connectivity index (χ2n) is 5.47. The van der Waals surface area contributed by atoms with Crippen molar-refractivity contribution in [3.63, 3.8) is 0 Å². The maximum atomic E-state index is 12.6. The van der Waals surface area contributed by atoms with Crippen LogP contribution in [0.3, 0.4) is 0 Å². The maximum Gasteiger partial charge on any atom is 0.336 e. The molecule has 0 aliphatic carbocycles. The average molecular weight is 298 g/mol. The lowest BCUT2D eigenvalue weighted by Gasteiger charge is -2.37. The Morgan fingerprint density at radius 1 is 1.14 bits per heavy atom. The van der Waals surface area contributed by atoms with Gasteiger partial charge in [-0.2, -0.15) is 0 Å². The molecule has 2 heterocycles. The average Bonchev–Trinajstić information content (AvgIpc) is 2.53. The highest BCUT2D eigenvalue weighted by Gasteiger charge is 2.35. The number of hydrogen-bond donors (Lipinski definition) is 0. The molecular weight excluding hydrogens is 276 g/mol. The normalized spacial score (nSPS) is 26.4. The van der Waals surface area contributed by atoms with Crippen LogP contribution in [0.1, 0.15) is 19.8 Å². The van der Waals surface area contributed by atoms with E-state index in [0.717, 1.165) is 12.8 Å². The van der Waals surface area contributed by atoms with Gasteiger partial charge in [-0.25, -0.2) is 4.79 Å². The van der Waals surface area contributed by atoms with E-state index in [1.54, 1.807) is 9.80 Å². The first-order valence-corrected chi connectivity index (χ1v) is 7.26. The Morgan fingerprint density at radius 3 is 2.57 bits per heavy atom. The smallest absolute Gasteiger partial charge is 0.336 e. The Bertz CT molecular complexity index is 426. The van der Waals surface area contributed by atoms with Crippen LogP contribution in [0.4, 0.5) is 0 Å². The standard InChI is InChI=1S/C14H22N2O5/c1-10(17)15-5-3-4-11(8-15)13(18)16-6-7-21-12(9-16)14(19)20-2/h11-12H,3-9H2,1-2H3. The number of morpholine rings is 1. The molecule has 0 N–H and O–H groups in total. The molecule has 0 radical (unpaired) electrons. The van der Waals surface area contributed by atoms with Crippen molar-refractivity contribution in [2.45, 2.75) is 25.9 Å². The highest BCUT2D eigenvalue weighted by atomic mass is 16.6. The number of ether oxygens (including phenoxy) is 2. The highest BCUT2D eigenvalue weighted by molar-refractivity contribution is 5.82. The monoisotopic (exact) mass is 298 g/mol. The molecule has 21 heavy (non-hydrogen) atoms. The van der Waals surface area contributed by atoms with Crippen LogP contribution < -0.4 is 0 Å². The lowest BCUT2D eigenvalue weighted by atomic mass is 9.96. The summed E-state index contributed by atoms with van der Waals surface area (Å²) in [5, 5.41) is 0. The number of rotatable bonds is 2. The Morgan fingerprint density at radius 2 is 1.90 bits per heavy atom. The summed E-state index contributed by atoms with van der Waals surface area (Å²) in [7, 11) is 1.30. The Hall–Kier alpha value is -1.63. The number of hydrogen-bond acceptors (Lipinski definition) is 5. The first-order chi connectivity index (χ1) is 10.0. The van der Waals surface area contributed by atoms with E-state index in [2.05, 4.69) is 4.74 Å². The SMILES string of the molecule is COC(=O)C1CN(C(=O)C2CCCN(C(C)=O)C2)CCO1. The molecule has 2 aliphatic heterocycles. The topological polar surface area (TPSA) is 76.2 Å². The minimum atomic E-state index is -0.708. The zero-order valence-electron chi connectivity index (χ0n) is 12.5. The van der Waals surface area contributed by atoms with Gasteiger partial charge in [-0.15, -0.1) is 0 Å². The van der Waals surface area contributed by atoms with Crippen molar-refractivity contribution in [2.75, 3.05) is 39.9 Å². The number of carbonyl (C=O) groups excluding carboxylic acids is 3. The van der Waals surface area contributed by atoms with Crippen molar-refractivity contribution in [2.24, 2.45) is 5.92 Å². The third-order valence-electron chi connectivity index (χ3n) is 4.06. The van der Waals surface area contributed by atoms with Gasteiger partial charge in [-0.05, 0) is 12.8 Å². The summed E-state index contributed by atoms with van der Waals surface area (Å²) in [5.41, 5.74) is 0. The Kier molecular flexibility index (Phi) is 5.17. The van der Waals surface area contributed by atoms with Gasteiger partial charge in [0.2, 0.25) is 11.8 Å². The molecule has 0 aromatic heterocycles. The minimum Gasteiger partial charge on any atom is -0.467 e. The summed E-state index contributed by atoms with van der Waals surface area (Å²) in [4.78, 5) is 38.9. The van der Waals surface area contributed by atoms with Gasteiger partial charge in [-0.3, -0.25) is 9.59 Å². The first-order valence-electron chi connectivity index (χ1n) is 7.26. The molecule has 0 aromatic rings. The van der Waals surface area contributed by atoms with E-state index >= 15 is 0 Å². The number of piperidine rings is 1. The fourth-order valence-electron chi connectivity index (χ4n) is 2.85. The van der Waals surface area contributed by atoms with Crippen molar-refractivity contribution >= 4 is 17.8 Å². The molecule has 2 amide bonds. The van der Waals surface area contributed by atoms with Gasteiger partial charge >= 0.3 is 5.97 Å². The van der Waals surface area contributed by atoms with E-state index in [1.165, 1.54) is 14.0 Å². The summed E-state index contributed by atoms with van der Waals surface area (Å²) in [6.45, 7) is 3.73. The molecule has 2 fully saturated rings. The lowest BCUT2D eigenvalue weighted by Crippen LogP contribution is -2.53. The van der Waals surface area contributed by atoms with Crippen LogP contribution >= 0.6 is 0 Å². The van der Waals surface area contributed by atoms with E-state index in [0.29, 0.717) is 26.2 Å². The second-order valence-corrected chi connectivity index (χ2v) is 5.47. The number of likely N-dealkylation sites (tertiary alicyclic amines) is 1. The van der Waals surface area contributed by atoms with Crippen LogP contribution in [0.2, 0.25) is 0 Å². The maximum absolute atomic E-state index is 12.6. The fourth-order valence-corrected chi connectivity index (χ4v) is 2.85. The molecule has 2 rings (SSSR count). The molecule has 2 atom stereocenters. The summed E-state index contributed by atoms with van der Waals surface area (Å²) < 4.78 is 9.98. The molecule has 7 heteroatoms. The number of carbonyl (C=O) groups is 3. The van der Waals surface area contributed by atoms with E-state index in [-0.39, 0.29) is 24.3 Å². The summed E-state index contributed by atoms with van der Waals surface area (Å²) in [6.07, 6.45) is 0.907. The van der Waals surface area contributed by atoms with Crippen LogP contribution in [0, 0.1) is 5.92 Å². The third kappa shape index (κ3) is 3.72.